The first-order chi connectivity index (χ1) is 10.1. The average Bonchev–Trinajstić information content (AvgIpc) is 3.11. The summed E-state index contributed by atoms with van der Waals surface area (Å²) in [4.78, 5) is 27.3. The maximum atomic E-state index is 11.8. The molecule has 0 saturated heterocycles. The molecule has 2 aromatic rings. The van der Waals surface area contributed by atoms with Gasteiger partial charge in [0.05, 0.1) is 15.2 Å². The minimum Gasteiger partial charge on any atom is -0.480 e. The number of aromatic nitrogens is 1. The van der Waals surface area contributed by atoms with Crippen LogP contribution in [0.5, 0.6) is 0 Å². The number of fused-ring (bicyclic) bond motifs is 1. The van der Waals surface area contributed by atoms with Gasteiger partial charge in [0.25, 0.3) is 0 Å². The molecular formula is C15H16N2O3S. The number of para-hydroxylation sites is 1. The Morgan fingerprint density at radius 1 is 1.33 bits per heavy atom. The lowest BCUT2D eigenvalue weighted by molar-refractivity contribution is -0.143. The minimum atomic E-state index is -0.979. The van der Waals surface area contributed by atoms with Crippen molar-refractivity contribution in [3.05, 3.63) is 29.3 Å². The van der Waals surface area contributed by atoms with Crippen LogP contribution < -0.4 is 5.32 Å². The number of nitrogens with one attached hydrogen (secondary N) is 1. The van der Waals surface area contributed by atoms with Crippen LogP contribution in [0.2, 0.25) is 0 Å². The fourth-order valence-corrected chi connectivity index (χ4v) is 3.28. The number of carboxylic acid groups (broad SMARTS) is 1. The van der Waals surface area contributed by atoms with E-state index in [0.717, 1.165) is 21.6 Å². The zero-order chi connectivity index (χ0) is 14.9. The molecule has 21 heavy (non-hydrogen) atoms. The van der Waals surface area contributed by atoms with E-state index < -0.39 is 11.5 Å². The first-order valence-electron chi connectivity index (χ1n) is 6.98. The van der Waals surface area contributed by atoms with Crippen LogP contribution in [0, 0.1) is 0 Å². The summed E-state index contributed by atoms with van der Waals surface area (Å²) in [6.07, 6.45) is 2.83. The molecule has 0 radical (unpaired) electrons. The van der Waals surface area contributed by atoms with E-state index in [1.165, 1.54) is 0 Å². The number of amides is 1. The van der Waals surface area contributed by atoms with Crippen molar-refractivity contribution >= 4 is 33.4 Å². The molecule has 0 aliphatic heterocycles. The Morgan fingerprint density at radius 2 is 2.10 bits per heavy atom. The van der Waals surface area contributed by atoms with E-state index in [0.29, 0.717) is 25.7 Å². The fourth-order valence-electron chi connectivity index (χ4n) is 2.27. The molecular weight excluding hydrogens is 288 g/mol. The molecule has 2 N–H and O–H groups in total. The largest absolute Gasteiger partial charge is 0.480 e. The van der Waals surface area contributed by atoms with Gasteiger partial charge in [-0.2, -0.15) is 0 Å². The molecule has 5 nitrogen and oxygen atoms in total. The second-order valence-corrected chi connectivity index (χ2v) is 6.48. The second kappa shape index (κ2) is 5.44. The maximum Gasteiger partial charge on any atom is 0.329 e. The van der Waals surface area contributed by atoms with E-state index in [4.69, 9.17) is 5.11 Å². The van der Waals surface area contributed by atoms with Gasteiger partial charge in [-0.3, -0.25) is 4.79 Å². The number of carbonyl (C=O) groups is 2. The summed E-state index contributed by atoms with van der Waals surface area (Å²) in [7, 11) is 0. The van der Waals surface area contributed by atoms with Crippen LogP contribution in [-0.4, -0.2) is 27.5 Å². The Bertz CT molecular complexity index is 658. The van der Waals surface area contributed by atoms with Gasteiger partial charge in [0, 0.05) is 6.42 Å². The molecule has 3 rings (SSSR count). The lowest BCUT2D eigenvalue weighted by atomic mass is 10.2. The van der Waals surface area contributed by atoms with Gasteiger partial charge in [0.2, 0.25) is 5.91 Å². The standard InChI is InChI=1S/C15H16N2O3S/c18-12(17-15(8-9-15)14(19)20)6-3-7-13-16-10-4-1-2-5-11(10)21-13/h1-2,4-5H,3,6-9H2,(H,17,18)(H,19,20). The van der Waals surface area contributed by atoms with Crippen LogP contribution in [0.15, 0.2) is 24.3 Å². The molecule has 1 aromatic carbocycles. The Hall–Kier alpha value is -1.95. The Labute approximate surface area is 126 Å². The topological polar surface area (TPSA) is 79.3 Å². The highest BCUT2D eigenvalue weighted by molar-refractivity contribution is 7.18. The van der Waals surface area contributed by atoms with E-state index in [1.807, 2.05) is 24.3 Å². The lowest BCUT2D eigenvalue weighted by Gasteiger charge is -2.11. The number of benzene rings is 1. The maximum absolute atomic E-state index is 11.8. The Kier molecular flexibility index (Phi) is 3.63. The molecule has 1 aliphatic rings. The molecule has 1 aromatic heterocycles. The molecule has 1 amide bonds. The third kappa shape index (κ3) is 3.05. The summed E-state index contributed by atoms with van der Waals surface area (Å²) in [6, 6.07) is 7.96. The number of aryl methyl sites for hydroxylation is 1. The van der Waals surface area contributed by atoms with E-state index in [-0.39, 0.29) is 5.91 Å². The smallest absolute Gasteiger partial charge is 0.329 e. The molecule has 1 aliphatic carbocycles. The molecule has 0 spiro atoms. The molecule has 0 bridgehead atoms. The molecule has 110 valence electrons. The number of aliphatic carboxylic acids is 1. The van der Waals surface area contributed by atoms with Crippen molar-refractivity contribution in [2.75, 3.05) is 0 Å². The van der Waals surface area contributed by atoms with Crippen molar-refractivity contribution in [1.82, 2.24) is 10.3 Å². The van der Waals surface area contributed by atoms with E-state index >= 15 is 0 Å². The molecule has 0 unspecified atom stereocenters. The van der Waals surface area contributed by atoms with Crippen LogP contribution in [0.4, 0.5) is 0 Å². The average molecular weight is 304 g/mol. The first-order valence-corrected chi connectivity index (χ1v) is 7.80. The van der Waals surface area contributed by atoms with E-state index in [2.05, 4.69) is 10.3 Å². The lowest BCUT2D eigenvalue weighted by Crippen LogP contribution is -2.42. The number of hydrogen-bond acceptors (Lipinski definition) is 4. The normalized spacial score (nSPS) is 15.8. The zero-order valence-electron chi connectivity index (χ0n) is 11.5. The van der Waals surface area contributed by atoms with Crippen molar-refractivity contribution < 1.29 is 14.7 Å². The SMILES string of the molecule is O=C(CCCc1nc2ccccc2s1)NC1(C(=O)O)CC1. The fraction of sp³-hybridized carbons (Fsp3) is 0.400. The van der Waals surface area contributed by atoms with Gasteiger partial charge in [-0.05, 0) is 37.8 Å². The van der Waals surface area contributed by atoms with Crippen LogP contribution in [-0.2, 0) is 16.0 Å². The summed E-state index contributed by atoms with van der Waals surface area (Å²) in [5.41, 5.74) is 0.0113. The Morgan fingerprint density at radius 3 is 2.76 bits per heavy atom. The Balaban J connectivity index is 1.49. The van der Waals surface area contributed by atoms with Crippen LogP contribution in [0.25, 0.3) is 10.2 Å². The van der Waals surface area contributed by atoms with Crippen molar-refractivity contribution in [2.45, 2.75) is 37.6 Å². The summed E-state index contributed by atoms with van der Waals surface area (Å²) in [6.45, 7) is 0. The quantitative estimate of drug-likeness (QED) is 0.858. The predicted molar refractivity (Wildman–Crippen MR) is 80.3 cm³/mol. The minimum absolute atomic E-state index is 0.184. The summed E-state index contributed by atoms with van der Waals surface area (Å²) < 4.78 is 1.15. The highest BCUT2D eigenvalue weighted by Gasteiger charge is 2.51. The van der Waals surface area contributed by atoms with Gasteiger partial charge in [-0.25, -0.2) is 9.78 Å². The third-order valence-electron chi connectivity index (χ3n) is 3.67. The van der Waals surface area contributed by atoms with Crippen molar-refractivity contribution in [3.8, 4) is 0 Å². The molecule has 1 saturated carbocycles. The van der Waals surface area contributed by atoms with Gasteiger partial charge < -0.3 is 10.4 Å². The third-order valence-corrected chi connectivity index (χ3v) is 4.77. The van der Waals surface area contributed by atoms with E-state index in [1.54, 1.807) is 11.3 Å². The van der Waals surface area contributed by atoms with Gasteiger partial charge >= 0.3 is 5.97 Å². The predicted octanol–water partition coefficient (Wildman–Crippen LogP) is 2.35. The van der Waals surface area contributed by atoms with Crippen LogP contribution in [0.1, 0.15) is 30.7 Å². The number of nitrogens with zero attached hydrogens (tertiary/aromatic N) is 1. The molecule has 1 fully saturated rings. The van der Waals surface area contributed by atoms with Gasteiger partial charge in [0.15, 0.2) is 0 Å². The van der Waals surface area contributed by atoms with Gasteiger partial charge in [-0.1, -0.05) is 12.1 Å². The summed E-state index contributed by atoms with van der Waals surface area (Å²) >= 11 is 1.64. The number of carboxylic acids is 1. The summed E-state index contributed by atoms with van der Waals surface area (Å²) in [5, 5.41) is 12.7. The highest BCUT2D eigenvalue weighted by atomic mass is 32.1. The number of hydrogen-bond donors (Lipinski definition) is 2. The number of carbonyl (C=O) groups excluding carboxylic acids is 1. The van der Waals surface area contributed by atoms with Crippen molar-refractivity contribution in [1.29, 1.82) is 0 Å². The van der Waals surface area contributed by atoms with Crippen molar-refractivity contribution in [3.63, 3.8) is 0 Å². The molecule has 6 heteroatoms. The van der Waals surface area contributed by atoms with Gasteiger partial charge in [0.1, 0.15) is 5.54 Å². The molecule has 1 heterocycles. The monoisotopic (exact) mass is 304 g/mol. The highest BCUT2D eigenvalue weighted by Crippen LogP contribution is 2.35. The second-order valence-electron chi connectivity index (χ2n) is 5.36. The zero-order valence-corrected chi connectivity index (χ0v) is 12.3. The number of thiazole rings is 1. The summed E-state index contributed by atoms with van der Waals surface area (Å²) in [5.74, 6) is -1.11. The van der Waals surface area contributed by atoms with Crippen molar-refractivity contribution in [2.24, 2.45) is 0 Å². The van der Waals surface area contributed by atoms with E-state index in [9.17, 15) is 9.59 Å². The van der Waals surface area contributed by atoms with Crippen LogP contribution in [0.3, 0.4) is 0 Å². The first kappa shape index (κ1) is 14.0. The van der Waals surface area contributed by atoms with Crippen LogP contribution >= 0.6 is 11.3 Å². The van der Waals surface area contributed by atoms with Gasteiger partial charge in [-0.15, -0.1) is 11.3 Å². The molecule has 0 atom stereocenters. The number of rotatable bonds is 6.